The smallest absolute Gasteiger partial charge is 0.242 e. The Morgan fingerprint density at radius 1 is 1.48 bits per heavy atom. The molecule has 0 saturated carbocycles. The number of hydrogen-bond donors (Lipinski definition) is 2. The third-order valence-corrected chi connectivity index (χ3v) is 3.72. The van der Waals surface area contributed by atoms with Crippen LogP contribution in [0.25, 0.3) is 0 Å². The molecule has 9 heteroatoms. The van der Waals surface area contributed by atoms with E-state index in [2.05, 4.69) is 25.7 Å². The highest BCUT2D eigenvalue weighted by atomic mass is 35.5. The van der Waals surface area contributed by atoms with Gasteiger partial charge in [-0.1, -0.05) is 11.6 Å². The molecule has 1 saturated heterocycles. The maximum Gasteiger partial charge on any atom is 0.242 e. The maximum atomic E-state index is 12.2. The van der Waals surface area contributed by atoms with Gasteiger partial charge in [0.1, 0.15) is 18.7 Å². The van der Waals surface area contributed by atoms with E-state index in [1.54, 1.807) is 18.5 Å². The number of aromatic nitrogens is 4. The fourth-order valence-electron chi connectivity index (χ4n) is 2.44. The highest BCUT2D eigenvalue weighted by molar-refractivity contribution is 6.30. The van der Waals surface area contributed by atoms with Crippen LogP contribution in [0.4, 0.5) is 5.82 Å². The van der Waals surface area contributed by atoms with Crippen molar-refractivity contribution < 1.29 is 9.53 Å². The van der Waals surface area contributed by atoms with Crippen LogP contribution in [0.15, 0.2) is 31.0 Å². The summed E-state index contributed by atoms with van der Waals surface area (Å²) >= 11 is 5.80. The number of halogens is 1. The summed E-state index contributed by atoms with van der Waals surface area (Å²) in [4.78, 5) is 20.2. The van der Waals surface area contributed by atoms with Crippen LogP contribution in [0.2, 0.25) is 5.02 Å². The monoisotopic (exact) mass is 336 g/mol. The van der Waals surface area contributed by atoms with Crippen molar-refractivity contribution in [2.24, 2.45) is 0 Å². The van der Waals surface area contributed by atoms with Gasteiger partial charge in [-0.05, 0) is 12.5 Å². The molecule has 0 aromatic carbocycles. The minimum Gasteiger partial charge on any atom is -0.379 e. The van der Waals surface area contributed by atoms with Crippen molar-refractivity contribution in [2.45, 2.75) is 25.0 Å². The third kappa shape index (κ3) is 4.40. The van der Waals surface area contributed by atoms with E-state index in [1.165, 1.54) is 17.2 Å². The summed E-state index contributed by atoms with van der Waals surface area (Å²) in [7, 11) is 0. The zero-order chi connectivity index (χ0) is 16.1. The van der Waals surface area contributed by atoms with E-state index in [1.807, 2.05) is 0 Å². The lowest BCUT2D eigenvalue weighted by atomic mass is 10.0. The fraction of sp³-hybridized carbons (Fsp3) is 0.429. The first kappa shape index (κ1) is 15.7. The lowest BCUT2D eigenvalue weighted by molar-refractivity contribution is -0.123. The number of carbonyl (C=O) groups is 1. The van der Waals surface area contributed by atoms with Gasteiger partial charge in [-0.25, -0.2) is 9.97 Å². The molecule has 1 fully saturated rings. The van der Waals surface area contributed by atoms with Crippen LogP contribution in [0, 0.1) is 0 Å². The van der Waals surface area contributed by atoms with Gasteiger partial charge in [0.05, 0.1) is 29.9 Å². The zero-order valence-electron chi connectivity index (χ0n) is 12.4. The molecule has 0 spiro atoms. The molecule has 0 bridgehead atoms. The summed E-state index contributed by atoms with van der Waals surface area (Å²) in [5, 5.41) is 10.8. The van der Waals surface area contributed by atoms with Crippen LogP contribution in [-0.4, -0.2) is 51.0 Å². The number of hydrogen-bond acceptors (Lipinski definition) is 6. The molecule has 8 nitrogen and oxygen atoms in total. The summed E-state index contributed by atoms with van der Waals surface area (Å²) in [6.45, 7) is 1.24. The van der Waals surface area contributed by atoms with Gasteiger partial charge in [-0.2, -0.15) is 5.10 Å². The van der Waals surface area contributed by atoms with Gasteiger partial charge in [-0.3, -0.25) is 9.48 Å². The van der Waals surface area contributed by atoms with Crippen LogP contribution in [0.1, 0.15) is 6.42 Å². The van der Waals surface area contributed by atoms with Gasteiger partial charge in [-0.15, -0.1) is 0 Å². The topological polar surface area (TPSA) is 94.0 Å². The van der Waals surface area contributed by atoms with E-state index < -0.39 is 0 Å². The Morgan fingerprint density at radius 3 is 3.13 bits per heavy atom. The molecule has 3 heterocycles. The molecule has 0 unspecified atom stereocenters. The molecule has 122 valence electrons. The number of anilines is 1. The van der Waals surface area contributed by atoms with Gasteiger partial charge in [0.2, 0.25) is 5.91 Å². The highest BCUT2D eigenvalue weighted by Crippen LogP contribution is 2.13. The number of ether oxygens (including phenoxy) is 1. The van der Waals surface area contributed by atoms with Crippen molar-refractivity contribution in [1.82, 2.24) is 25.1 Å². The molecular formula is C14H17ClN6O2. The van der Waals surface area contributed by atoms with E-state index in [0.29, 0.717) is 24.1 Å². The standard InChI is InChI=1S/C14H17ClN6O2/c15-10-5-18-21(6-10)7-14(22)20-11-2-4-23-8-12(11)19-13-1-3-16-9-17-13/h1,3,5-6,9,11-12H,2,4,7-8H2,(H,20,22)(H,16,17,19)/t11-,12+/m0/s1. The average Bonchev–Trinajstić information content (AvgIpc) is 2.95. The summed E-state index contributed by atoms with van der Waals surface area (Å²) in [6, 6.07) is 1.68. The predicted molar refractivity (Wildman–Crippen MR) is 84.0 cm³/mol. The van der Waals surface area contributed by atoms with Gasteiger partial charge >= 0.3 is 0 Å². The highest BCUT2D eigenvalue weighted by Gasteiger charge is 2.27. The summed E-state index contributed by atoms with van der Waals surface area (Å²) in [6.07, 6.45) is 6.98. The number of carbonyl (C=O) groups excluding carboxylic acids is 1. The summed E-state index contributed by atoms with van der Waals surface area (Å²) in [5.74, 6) is 0.583. The minimum absolute atomic E-state index is 0.0442. The second-order valence-electron chi connectivity index (χ2n) is 5.24. The van der Waals surface area contributed by atoms with Crippen molar-refractivity contribution in [3.8, 4) is 0 Å². The molecule has 3 rings (SSSR count). The van der Waals surface area contributed by atoms with Crippen LogP contribution in [0.5, 0.6) is 0 Å². The van der Waals surface area contributed by atoms with E-state index in [9.17, 15) is 4.79 Å². The van der Waals surface area contributed by atoms with E-state index in [0.717, 1.165) is 6.42 Å². The largest absolute Gasteiger partial charge is 0.379 e. The molecule has 1 aliphatic rings. The minimum atomic E-state index is -0.119. The van der Waals surface area contributed by atoms with Crippen LogP contribution < -0.4 is 10.6 Å². The van der Waals surface area contributed by atoms with Gasteiger partial charge < -0.3 is 15.4 Å². The van der Waals surface area contributed by atoms with Gasteiger partial charge in [0, 0.05) is 19.0 Å². The first-order valence-corrected chi connectivity index (χ1v) is 7.66. The van der Waals surface area contributed by atoms with Crippen molar-refractivity contribution in [3.63, 3.8) is 0 Å². The number of nitrogens with one attached hydrogen (secondary N) is 2. The van der Waals surface area contributed by atoms with E-state index in [4.69, 9.17) is 16.3 Å². The quantitative estimate of drug-likeness (QED) is 0.835. The Morgan fingerprint density at radius 2 is 2.39 bits per heavy atom. The third-order valence-electron chi connectivity index (χ3n) is 3.53. The molecule has 0 aliphatic carbocycles. The first-order chi connectivity index (χ1) is 11.2. The molecule has 2 aromatic heterocycles. The number of rotatable bonds is 5. The Balaban J connectivity index is 1.58. The Kier molecular flexibility index (Phi) is 5.04. The summed E-state index contributed by atoms with van der Waals surface area (Å²) < 4.78 is 7.00. The zero-order valence-corrected chi connectivity index (χ0v) is 13.1. The lowest BCUT2D eigenvalue weighted by Crippen LogP contribution is -2.52. The average molecular weight is 337 g/mol. The normalized spacial score (nSPS) is 20.9. The van der Waals surface area contributed by atoms with Crippen LogP contribution in [-0.2, 0) is 16.1 Å². The van der Waals surface area contributed by atoms with Crippen LogP contribution in [0.3, 0.4) is 0 Å². The Hall–Kier alpha value is -2.19. The van der Waals surface area contributed by atoms with E-state index in [-0.39, 0.29) is 24.5 Å². The van der Waals surface area contributed by atoms with E-state index >= 15 is 0 Å². The van der Waals surface area contributed by atoms with Crippen molar-refractivity contribution in [1.29, 1.82) is 0 Å². The molecule has 23 heavy (non-hydrogen) atoms. The molecule has 2 N–H and O–H groups in total. The van der Waals surface area contributed by atoms with Crippen LogP contribution >= 0.6 is 11.6 Å². The van der Waals surface area contributed by atoms with Gasteiger partial charge in [0.15, 0.2) is 0 Å². The Labute approximate surface area is 138 Å². The van der Waals surface area contributed by atoms with Crippen molar-refractivity contribution in [2.75, 3.05) is 18.5 Å². The lowest BCUT2D eigenvalue weighted by Gasteiger charge is -2.33. The first-order valence-electron chi connectivity index (χ1n) is 7.28. The van der Waals surface area contributed by atoms with Crippen molar-refractivity contribution >= 4 is 23.3 Å². The molecule has 1 aliphatic heterocycles. The second kappa shape index (κ2) is 7.38. The molecule has 2 atom stereocenters. The second-order valence-corrected chi connectivity index (χ2v) is 5.68. The SMILES string of the molecule is O=C(Cn1cc(Cl)cn1)N[C@H]1CCOC[C@H]1Nc1ccncn1. The predicted octanol–water partition coefficient (Wildman–Crippen LogP) is 0.712. The number of amides is 1. The van der Waals surface area contributed by atoms with Crippen molar-refractivity contribution in [3.05, 3.63) is 36.0 Å². The molecular weight excluding hydrogens is 320 g/mol. The molecule has 1 amide bonds. The van der Waals surface area contributed by atoms with Gasteiger partial charge in [0.25, 0.3) is 0 Å². The summed E-state index contributed by atoms with van der Waals surface area (Å²) in [5.41, 5.74) is 0. The molecule has 0 radical (unpaired) electrons. The number of nitrogens with zero attached hydrogens (tertiary/aromatic N) is 4. The Bertz CT molecular complexity index is 650. The maximum absolute atomic E-state index is 12.2. The fourth-order valence-corrected chi connectivity index (χ4v) is 2.60. The molecule has 2 aromatic rings.